The van der Waals surface area contributed by atoms with Crippen molar-refractivity contribution in [3.63, 3.8) is 0 Å². The molecule has 3 amide bonds. The summed E-state index contributed by atoms with van der Waals surface area (Å²) >= 11 is 0.622. The highest BCUT2D eigenvalue weighted by Gasteiger charge is 2.36. The Morgan fingerprint density at radius 2 is 1.69 bits per heavy atom. The largest absolute Gasteiger partial charge is 0.497 e. The molecule has 3 aromatic rings. The smallest absolute Gasteiger partial charge is 0.416 e. The Kier molecular flexibility index (Phi) is 8.70. The lowest BCUT2D eigenvalue weighted by Gasteiger charge is -2.13. The Hall–Kier alpha value is -5.05. The number of nitro groups is 1. The van der Waals surface area contributed by atoms with Crippen LogP contribution in [0.5, 0.6) is 23.0 Å². The molecular formula is C27H20F3N3O8S. The number of thioether (sulfide) groups is 1. The molecule has 11 nitrogen and oxygen atoms in total. The summed E-state index contributed by atoms with van der Waals surface area (Å²) in [6, 6.07) is 12.5. The average Bonchev–Trinajstić information content (AvgIpc) is 3.20. The Morgan fingerprint density at radius 3 is 2.31 bits per heavy atom. The van der Waals surface area contributed by atoms with Crippen molar-refractivity contribution in [1.29, 1.82) is 0 Å². The number of nitro benzene ring substituents is 1. The summed E-state index contributed by atoms with van der Waals surface area (Å²) < 4.78 is 54.8. The van der Waals surface area contributed by atoms with Gasteiger partial charge in [0.25, 0.3) is 11.1 Å². The van der Waals surface area contributed by atoms with Crippen LogP contribution in [0, 0.1) is 10.1 Å². The van der Waals surface area contributed by atoms with E-state index < -0.39 is 51.7 Å². The van der Waals surface area contributed by atoms with Crippen molar-refractivity contribution in [1.82, 2.24) is 4.90 Å². The Bertz CT molecular complexity index is 1590. The van der Waals surface area contributed by atoms with Crippen molar-refractivity contribution in [2.24, 2.45) is 0 Å². The topological polar surface area (TPSA) is 137 Å². The van der Waals surface area contributed by atoms with E-state index in [1.165, 1.54) is 38.5 Å². The monoisotopic (exact) mass is 603 g/mol. The Labute approximate surface area is 240 Å². The SMILES string of the molecule is COc1ccc(NC(=O)CN2C(=O)S/C(=C/c3ccc(Oc4ccc(C(F)(F)F)cc4[N+](=O)[O-])c(OC)c3)C2=O)cc1. The van der Waals surface area contributed by atoms with Crippen LogP contribution in [-0.2, 0) is 15.8 Å². The van der Waals surface area contributed by atoms with Gasteiger partial charge < -0.3 is 19.5 Å². The van der Waals surface area contributed by atoms with E-state index in [0.717, 1.165) is 11.0 Å². The summed E-state index contributed by atoms with van der Waals surface area (Å²) in [6.45, 7) is -0.518. The van der Waals surface area contributed by atoms with Crippen LogP contribution in [0.15, 0.2) is 65.6 Å². The third-order valence-electron chi connectivity index (χ3n) is 5.74. The van der Waals surface area contributed by atoms with Gasteiger partial charge in [-0.3, -0.25) is 29.4 Å². The molecule has 1 saturated heterocycles. The van der Waals surface area contributed by atoms with Crippen LogP contribution in [0.1, 0.15) is 11.1 Å². The van der Waals surface area contributed by atoms with Gasteiger partial charge in [-0.1, -0.05) is 6.07 Å². The van der Waals surface area contributed by atoms with E-state index in [9.17, 15) is 37.7 Å². The quantitative estimate of drug-likeness (QED) is 0.175. The number of hydrogen-bond donors (Lipinski definition) is 1. The summed E-state index contributed by atoms with van der Waals surface area (Å²) in [5.41, 5.74) is -1.30. The molecule has 0 atom stereocenters. The van der Waals surface area contributed by atoms with Crippen molar-refractivity contribution in [2.75, 3.05) is 26.1 Å². The number of nitrogens with one attached hydrogen (secondary N) is 1. The molecular weight excluding hydrogens is 583 g/mol. The molecule has 0 aromatic heterocycles. The van der Waals surface area contributed by atoms with E-state index in [2.05, 4.69) is 5.32 Å². The van der Waals surface area contributed by atoms with Crippen LogP contribution in [0.25, 0.3) is 6.08 Å². The van der Waals surface area contributed by atoms with Crippen LogP contribution < -0.4 is 19.5 Å². The molecule has 42 heavy (non-hydrogen) atoms. The minimum atomic E-state index is -4.79. The van der Waals surface area contributed by atoms with E-state index in [1.54, 1.807) is 24.3 Å². The number of rotatable bonds is 9. The molecule has 0 bridgehead atoms. The van der Waals surface area contributed by atoms with E-state index in [1.807, 2.05) is 0 Å². The van der Waals surface area contributed by atoms with E-state index in [4.69, 9.17) is 14.2 Å². The van der Waals surface area contributed by atoms with Gasteiger partial charge in [0, 0.05) is 11.8 Å². The summed E-state index contributed by atoms with van der Waals surface area (Å²) in [5, 5.41) is 13.3. The van der Waals surface area contributed by atoms with Crippen LogP contribution in [0.2, 0.25) is 0 Å². The van der Waals surface area contributed by atoms with E-state index in [0.29, 0.717) is 40.9 Å². The first-order chi connectivity index (χ1) is 19.9. The highest BCUT2D eigenvalue weighted by molar-refractivity contribution is 8.18. The summed E-state index contributed by atoms with van der Waals surface area (Å²) in [4.78, 5) is 49.0. The first kappa shape index (κ1) is 29.9. The normalized spacial score (nSPS) is 14.2. The first-order valence-corrected chi connectivity index (χ1v) is 12.6. The molecule has 1 aliphatic rings. The molecule has 218 valence electrons. The number of amides is 3. The average molecular weight is 604 g/mol. The third-order valence-corrected chi connectivity index (χ3v) is 6.64. The third kappa shape index (κ3) is 6.80. The molecule has 1 N–H and O–H groups in total. The maximum absolute atomic E-state index is 13.0. The van der Waals surface area contributed by atoms with Gasteiger partial charge in [0.15, 0.2) is 11.5 Å². The lowest BCUT2D eigenvalue weighted by molar-refractivity contribution is -0.385. The summed E-state index contributed by atoms with van der Waals surface area (Å²) in [6.07, 6.45) is -3.41. The minimum Gasteiger partial charge on any atom is -0.497 e. The number of nitrogens with zero attached hydrogens (tertiary/aromatic N) is 2. The fourth-order valence-electron chi connectivity index (χ4n) is 3.71. The van der Waals surface area contributed by atoms with E-state index in [-0.39, 0.29) is 16.4 Å². The molecule has 1 fully saturated rings. The van der Waals surface area contributed by atoms with Gasteiger partial charge in [0.05, 0.1) is 29.6 Å². The molecule has 0 unspecified atom stereocenters. The van der Waals surface area contributed by atoms with Gasteiger partial charge in [0.2, 0.25) is 11.7 Å². The van der Waals surface area contributed by atoms with Crippen molar-refractivity contribution in [3.05, 3.63) is 86.8 Å². The number of alkyl halides is 3. The molecule has 4 rings (SSSR count). The zero-order valence-corrected chi connectivity index (χ0v) is 22.6. The fourth-order valence-corrected chi connectivity index (χ4v) is 4.54. The first-order valence-electron chi connectivity index (χ1n) is 11.8. The number of ether oxygens (including phenoxy) is 3. The van der Waals surface area contributed by atoms with Gasteiger partial charge in [-0.15, -0.1) is 0 Å². The van der Waals surface area contributed by atoms with Gasteiger partial charge in [-0.2, -0.15) is 13.2 Å². The van der Waals surface area contributed by atoms with Crippen LogP contribution in [0.3, 0.4) is 0 Å². The van der Waals surface area contributed by atoms with E-state index >= 15 is 0 Å². The zero-order chi connectivity index (χ0) is 30.6. The van der Waals surface area contributed by atoms with Crippen molar-refractivity contribution in [3.8, 4) is 23.0 Å². The van der Waals surface area contributed by atoms with Gasteiger partial charge in [-0.25, -0.2) is 0 Å². The van der Waals surface area contributed by atoms with Crippen molar-refractivity contribution in [2.45, 2.75) is 6.18 Å². The zero-order valence-electron chi connectivity index (χ0n) is 21.8. The fraction of sp³-hybridized carbons (Fsp3) is 0.148. The lowest BCUT2D eigenvalue weighted by Crippen LogP contribution is -2.36. The predicted octanol–water partition coefficient (Wildman–Crippen LogP) is 6.10. The minimum absolute atomic E-state index is 0.0198. The maximum Gasteiger partial charge on any atom is 0.416 e. The number of imide groups is 1. The Balaban J connectivity index is 1.49. The number of benzene rings is 3. The predicted molar refractivity (Wildman–Crippen MR) is 145 cm³/mol. The van der Waals surface area contributed by atoms with Crippen LogP contribution >= 0.6 is 11.8 Å². The molecule has 0 spiro atoms. The van der Waals surface area contributed by atoms with Gasteiger partial charge >= 0.3 is 11.9 Å². The molecule has 15 heteroatoms. The number of anilines is 1. The van der Waals surface area contributed by atoms with Gasteiger partial charge in [0.1, 0.15) is 12.3 Å². The number of methoxy groups -OCH3 is 2. The second-order valence-electron chi connectivity index (χ2n) is 8.49. The Morgan fingerprint density at radius 1 is 1.00 bits per heavy atom. The highest BCUT2D eigenvalue weighted by Crippen LogP contribution is 2.41. The summed E-state index contributed by atoms with van der Waals surface area (Å²) in [5.74, 6) is -1.18. The molecule has 1 heterocycles. The highest BCUT2D eigenvalue weighted by atomic mass is 32.2. The number of halogens is 3. The second kappa shape index (κ2) is 12.2. The number of carbonyl (C=O) groups excluding carboxylic acids is 3. The number of carbonyl (C=O) groups is 3. The molecule has 0 radical (unpaired) electrons. The molecule has 3 aromatic carbocycles. The molecule has 0 aliphatic carbocycles. The lowest BCUT2D eigenvalue weighted by atomic mass is 10.1. The summed E-state index contributed by atoms with van der Waals surface area (Å²) in [7, 11) is 2.76. The second-order valence-corrected chi connectivity index (χ2v) is 9.49. The van der Waals surface area contributed by atoms with Crippen molar-refractivity contribution < 1.29 is 46.7 Å². The molecule has 1 aliphatic heterocycles. The van der Waals surface area contributed by atoms with Crippen LogP contribution in [-0.4, -0.2) is 47.6 Å². The number of hydrogen-bond acceptors (Lipinski definition) is 9. The molecule has 0 saturated carbocycles. The van der Waals surface area contributed by atoms with Crippen molar-refractivity contribution >= 4 is 46.3 Å². The van der Waals surface area contributed by atoms with Gasteiger partial charge in [-0.05, 0) is 71.9 Å². The standard InChI is InChI=1S/C27H20F3N3O8S/c1-39-18-7-5-17(6-8-18)31-24(34)14-32-25(35)23(42-26(32)36)12-15-3-9-21(22(11-15)40-2)41-20-10-4-16(27(28,29)30)13-19(20)33(37)38/h3-13H,14H2,1-2H3,(H,31,34)/b23-12+. The maximum atomic E-state index is 13.0. The van der Waals surface area contributed by atoms with Crippen LogP contribution in [0.4, 0.5) is 29.3 Å².